The van der Waals surface area contributed by atoms with E-state index < -0.39 is 12.6 Å². The first-order valence-corrected chi connectivity index (χ1v) is 10.9. The van der Waals surface area contributed by atoms with Crippen molar-refractivity contribution in [2.75, 3.05) is 32.8 Å². The molecule has 1 aliphatic rings. The maximum atomic E-state index is 13.9. The van der Waals surface area contributed by atoms with Gasteiger partial charge < -0.3 is 25.1 Å². The highest BCUT2D eigenvalue weighted by atomic mass is 35.5. The Morgan fingerprint density at radius 3 is 2.82 bits per heavy atom. The summed E-state index contributed by atoms with van der Waals surface area (Å²) in [6, 6.07) is 10.6. The normalized spacial score (nSPS) is 15.1. The van der Waals surface area contributed by atoms with Crippen molar-refractivity contribution in [3.63, 3.8) is 0 Å². The summed E-state index contributed by atoms with van der Waals surface area (Å²) < 4.78 is 24.7. The zero-order valence-corrected chi connectivity index (χ0v) is 19.2. The highest BCUT2D eigenvalue weighted by Crippen LogP contribution is 2.43. The fraction of sp³-hybridized carbons (Fsp3) is 0.208. The molecule has 0 fully saturated rings. The van der Waals surface area contributed by atoms with Crippen molar-refractivity contribution in [3.8, 4) is 22.9 Å². The topological polar surface area (TPSA) is 101 Å². The van der Waals surface area contributed by atoms with E-state index in [0.717, 1.165) is 0 Å². The number of carbonyl (C=O) groups is 1. The molecule has 10 heteroatoms. The number of rotatable bonds is 6. The van der Waals surface area contributed by atoms with Gasteiger partial charge in [-0.05, 0) is 24.3 Å². The van der Waals surface area contributed by atoms with Crippen LogP contribution in [0, 0.1) is 0 Å². The molecule has 1 aromatic carbocycles. The van der Waals surface area contributed by atoms with Gasteiger partial charge in [0, 0.05) is 36.0 Å². The number of alkyl halides is 1. The van der Waals surface area contributed by atoms with Gasteiger partial charge in [-0.2, -0.15) is 0 Å². The van der Waals surface area contributed by atoms with Gasteiger partial charge in [0.2, 0.25) is 5.88 Å². The Labute approximate surface area is 199 Å². The van der Waals surface area contributed by atoms with Gasteiger partial charge in [0.15, 0.2) is 5.75 Å². The summed E-state index contributed by atoms with van der Waals surface area (Å²) in [5, 5.41) is 6.49. The van der Waals surface area contributed by atoms with E-state index in [-0.39, 0.29) is 12.5 Å². The van der Waals surface area contributed by atoms with E-state index in [0.29, 0.717) is 61.6 Å². The van der Waals surface area contributed by atoms with E-state index in [1.807, 2.05) is 0 Å². The number of fused-ring (bicyclic) bond motifs is 2. The second-order valence-electron chi connectivity index (χ2n) is 7.75. The van der Waals surface area contributed by atoms with Gasteiger partial charge in [0.05, 0.1) is 54.1 Å². The third-order valence-corrected chi connectivity index (χ3v) is 6.12. The second-order valence-corrected chi connectivity index (χ2v) is 8.16. The Balaban J connectivity index is 1.78. The zero-order valence-electron chi connectivity index (χ0n) is 18.4. The summed E-state index contributed by atoms with van der Waals surface area (Å²) in [4.78, 5) is 25.3. The zero-order chi connectivity index (χ0) is 23.8. The molecule has 0 bridgehead atoms. The van der Waals surface area contributed by atoms with Crippen LogP contribution in [0.4, 0.5) is 15.8 Å². The minimum atomic E-state index is -0.629. The number of carbonyl (C=O) groups excluding carboxylic acids is 1. The summed E-state index contributed by atoms with van der Waals surface area (Å²) >= 11 is 6.32. The first-order valence-electron chi connectivity index (χ1n) is 10.5. The molecule has 1 amide bonds. The van der Waals surface area contributed by atoms with Crippen LogP contribution in [0.15, 0.2) is 42.6 Å². The fourth-order valence-electron chi connectivity index (χ4n) is 4.20. The maximum absolute atomic E-state index is 13.9. The Bertz CT molecular complexity index is 1410. The maximum Gasteiger partial charge on any atom is 0.255 e. The van der Waals surface area contributed by atoms with E-state index in [9.17, 15) is 9.18 Å². The monoisotopic (exact) mass is 481 g/mol. The molecule has 1 unspecified atom stereocenters. The minimum absolute atomic E-state index is 0.200. The molecular weight excluding hydrogens is 461 g/mol. The summed E-state index contributed by atoms with van der Waals surface area (Å²) in [5.74, 6) is 0.0135. The Morgan fingerprint density at radius 1 is 1.21 bits per heavy atom. The molecule has 4 heterocycles. The van der Waals surface area contributed by atoms with E-state index >= 15 is 0 Å². The summed E-state index contributed by atoms with van der Waals surface area (Å²) in [6.45, 7) is -0.429. The van der Waals surface area contributed by atoms with Crippen LogP contribution in [0.2, 0.25) is 5.02 Å². The molecule has 3 N–H and O–H groups in total. The molecule has 4 aromatic rings. The molecule has 8 nitrogen and oxygen atoms in total. The molecule has 0 aliphatic carbocycles. The lowest BCUT2D eigenvalue weighted by molar-refractivity contribution is 0.0938. The van der Waals surface area contributed by atoms with Crippen molar-refractivity contribution < 1.29 is 18.7 Å². The number of anilines is 2. The predicted octanol–water partition coefficient (Wildman–Crippen LogP) is 4.84. The smallest absolute Gasteiger partial charge is 0.255 e. The van der Waals surface area contributed by atoms with Crippen LogP contribution in [0.5, 0.6) is 11.6 Å². The van der Waals surface area contributed by atoms with Gasteiger partial charge in [0.25, 0.3) is 5.91 Å². The number of nitrogens with one attached hydrogen (secondary N) is 3. The molecule has 0 radical (unpaired) electrons. The van der Waals surface area contributed by atoms with Gasteiger partial charge in [-0.15, -0.1) is 0 Å². The highest BCUT2D eigenvalue weighted by Gasteiger charge is 2.33. The number of halogens is 2. The highest BCUT2D eigenvalue weighted by molar-refractivity contribution is 6.32. The number of pyridine rings is 2. The lowest BCUT2D eigenvalue weighted by atomic mass is 9.97. The lowest BCUT2D eigenvalue weighted by Crippen LogP contribution is -2.35. The number of H-pyrrole nitrogens is 1. The molecule has 1 atom stereocenters. The molecule has 0 saturated heterocycles. The van der Waals surface area contributed by atoms with E-state index in [4.69, 9.17) is 21.1 Å². The van der Waals surface area contributed by atoms with Crippen LogP contribution < -0.4 is 20.1 Å². The van der Waals surface area contributed by atoms with Crippen LogP contribution in [0.1, 0.15) is 22.0 Å². The van der Waals surface area contributed by atoms with Gasteiger partial charge in [-0.3, -0.25) is 14.2 Å². The van der Waals surface area contributed by atoms with Crippen LogP contribution in [0.25, 0.3) is 22.3 Å². The average Bonchev–Trinajstić information content (AvgIpc) is 3.23. The van der Waals surface area contributed by atoms with E-state index in [2.05, 4.69) is 25.6 Å². The average molecular weight is 482 g/mol. The number of benzene rings is 1. The Hall–Kier alpha value is -3.85. The van der Waals surface area contributed by atoms with Crippen LogP contribution >= 0.6 is 11.6 Å². The van der Waals surface area contributed by atoms with Gasteiger partial charge in [0.1, 0.15) is 5.52 Å². The number of amides is 1. The van der Waals surface area contributed by atoms with Crippen molar-refractivity contribution in [1.29, 1.82) is 0 Å². The largest absolute Gasteiger partial charge is 0.493 e. The number of aromatic nitrogens is 3. The van der Waals surface area contributed by atoms with Crippen LogP contribution in [-0.2, 0) is 0 Å². The molecule has 1 aliphatic heterocycles. The quantitative estimate of drug-likeness (QED) is 0.364. The Kier molecular flexibility index (Phi) is 5.70. The lowest BCUT2D eigenvalue weighted by Gasteiger charge is -2.21. The van der Waals surface area contributed by atoms with Crippen molar-refractivity contribution in [3.05, 3.63) is 58.9 Å². The first kappa shape index (κ1) is 22.0. The third-order valence-electron chi connectivity index (χ3n) is 5.83. The molecule has 34 heavy (non-hydrogen) atoms. The van der Waals surface area contributed by atoms with Crippen molar-refractivity contribution in [2.24, 2.45) is 0 Å². The number of para-hydroxylation sites is 1. The minimum Gasteiger partial charge on any atom is -0.493 e. The Morgan fingerprint density at radius 2 is 2.06 bits per heavy atom. The first-order chi connectivity index (χ1) is 16.5. The van der Waals surface area contributed by atoms with Crippen molar-refractivity contribution in [1.82, 2.24) is 20.3 Å². The summed E-state index contributed by atoms with van der Waals surface area (Å²) in [5.41, 5.74) is 4.31. The van der Waals surface area contributed by atoms with Crippen LogP contribution in [-0.4, -0.2) is 48.3 Å². The number of hydrogen-bond acceptors (Lipinski definition) is 6. The summed E-state index contributed by atoms with van der Waals surface area (Å²) in [7, 11) is 3.05. The number of aromatic amines is 1. The predicted molar refractivity (Wildman–Crippen MR) is 128 cm³/mol. The SMILES string of the molecule is COc1ccc2nccc(-c3[nH]c4c(c3Nc3cccc(Cl)c3OC)C(=O)NCC4CF)c2n1. The fourth-order valence-corrected chi connectivity index (χ4v) is 4.45. The number of hydrogen-bond donors (Lipinski definition) is 3. The standard InChI is InChI=1S/C24H21ClFN5O3/c1-33-17-7-6-15-20(30-17)13(8-9-27-15)21-22(29-16-5-3-4-14(25)23(16)34-2)18-19(31-21)12(10-26)11-28-24(18)32/h3-9,12,29,31H,10-11H2,1-2H3,(H,28,32). The van der Waals surface area contributed by atoms with Gasteiger partial charge in [-0.25, -0.2) is 4.98 Å². The van der Waals surface area contributed by atoms with E-state index in [1.54, 1.807) is 42.6 Å². The number of methoxy groups -OCH3 is 2. The number of nitrogens with zero attached hydrogens (tertiary/aromatic N) is 2. The molecule has 0 spiro atoms. The molecular formula is C24H21ClFN5O3. The molecule has 174 valence electrons. The number of ether oxygens (including phenoxy) is 2. The molecule has 0 saturated carbocycles. The third kappa shape index (κ3) is 3.58. The molecule has 3 aromatic heterocycles. The van der Waals surface area contributed by atoms with Gasteiger partial charge >= 0.3 is 0 Å². The van der Waals surface area contributed by atoms with Crippen molar-refractivity contribution >= 4 is 39.9 Å². The summed E-state index contributed by atoms with van der Waals surface area (Å²) in [6.07, 6.45) is 1.65. The van der Waals surface area contributed by atoms with Crippen molar-refractivity contribution in [2.45, 2.75) is 5.92 Å². The second kappa shape index (κ2) is 8.83. The van der Waals surface area contributed by atoms with E-state index in [1.165, 1.54) is 14.2 Å². The molecule has 5 rings (SSSR count). The van der Waals surface area contributed by atoms with Crippen LogP contribution in [0.3, 0.4) is 0 Å². The van der Waals surface area contributed by atoms with Gasteiger partial charge in [-0.1, -0.05) is 17.7 Å².